The standard InChI is InChI=1S/C72H108/c1-5-9-13-17-21-25-29-33-37-45-57-53-65-66(54-58(57)46-38-34-30-26-22-18-14-10-6-2)70-62-50-42-41-49-61(62)69(65)71-63-51-43-44-52-64(63)72(70)68-56-60(48-40-36-32-28-24-20-16-12-8-4)59(55-67(68)71)47-39-35-31-27-23-19-15-11-7-3/h41-44,49-56,69-72H,5-40,45-48H2,1-4H3/t69-,70+,71+,72-. The molecule has 0 heterocycles. The molecule has 0 aliphatic heterocycles. The summed E-state index contributed by atoms with van der Waals surface area (Å²) >= 11 is 0. The van der Waals surface area contributed by atoms with Crippen LogP contribution in [0.4, 0.5) is 0 Å². The first-order valence-electron chi connectivity index (χ1n) is 32.2. The molecule has 0 N–H and O–H groups in total. The summed E-state index contributed by atoms with van der Waals surface area (Å²) in [6.45, 7) is 9.35. The molecule has 10 rings (SSSR count). The average molecular weight is 974 g/mol. The van der Waals surface area contributed by atoms with Gasteiger partial charge in [-0.3, -0.25) is 0 Å². The third-order valence-electron chi connectivity index (χ3n) is 18.3. The minimum Gasteiger partial charge on any atom is -0.0654 e. The lowest BCUT2D eigenvalue weighted by atomic mass is 9.52. The molecule has 0 aromatic heterocycles. The van der Waals surface area contributed by atoms with Crippen molar-refractivity contribution in [2.24, 2.45) is 0 Å². The van der Waals surface area contributed by atoms with Gasteiger partial charge in [0, 0.05) is 23.7 Å². The third-order valence-corrected chi connectivity index (χ3v) is 18.3. The molecule has 72 heavy (non-hydrogen) atoms. The number of hydrogen-bond acceptors (Lipinski definition) is 0. The molecule has 0 heteroatoms. The van der Waals surface area contributed by atoms with Gasteiger partial charge in [0.05, 0.1) is 0 Å². The predicted molar refractivity (Wildman–Crippen MR) is 317 cm³/mol. The lowest BCUT2D eigenvalue weighted by Crippen LogP contribution is -2.36. The highest BCUT2D eigenvalue weighted by Crippen LogP contribution is 2.64. The number of unbranched alkanes of at least 4 members (excludes halogenated alkanes) is 32. The van der Waals surface area contributed by atoms with Gasteiger partial charge in [0.2, 0.25) is 0 Å². The van der Waals surface area contributed by atoms with E-state index < -0.39 is 0 Å². The Hall–Kier alpha value is -3.12. The van der Waals surface area contributed by atoms with Crippen LogP contribution in [0.2, 0.25) is 0 Å². The minimum atomic E-state index is 0.348. The van der Waals surface area contributed by atoms with Gasteiger partial charge in [0.1, 0.15) is 0 Å². The summed E-state index contributed by atoms with van der Waals surface area (Å²) < 4.78 is 0. The summed E-state index contributed by atoms with van der Waals surface area (Å²) in [5, 5.41) is 0. The zero-order valence-electron chi connectivity index (χ0n) is 47.5. The van der Waals surface area contributed by atoms with E-state index in [4.69, 9.17) is 0 Å². The van der Waals surface area contributed by atoms with Crippen LogP contribution in [0, 0.1) is 0 Å². The lowest BCUT2D eigenvalue weighted by molar-refractivity contribution is 0.524. The van der Waals surface area contributed by atoms with E-state index in [1.54, 1.807) is 66.8 Å². The summed E-state index contributed by atoms with van der Waals surface area (Å²) in [5.41, 5.74) is 20.1. The van der Waals surface area contributed by atoms with E-state index >= 15 is 0 Å². The fraction of sp³-hybridized carbons (Fsp3) is 0.667. The molecule has 396 valence electrons. The quantitative estimate of drug-likeness (QED) is 0.0390. The second kappa shape index (κ2) is 32.3. The monoisotopic (exact) mass is 973 g/mol. The molecule has 0 radical (unpaired) electrons. The topological polar surface area (TPSA) is 0 Å². The minimum absolute atomic E-state index is 0.348. The van der Waals surface area contributed by atoms with Crippen LogP contribution < -0.4 is 0 Å². The first-order chi connectivity index (χ1) is 35.7. The van der Waals surface area contributed by atoms with Crippen LogP contribution in [0.1, 0.15) is 349 Å². The third kappa shape index (κ3) is 16.0. The Morgan fingerprint density at radius 1 is 0.208 bits per heavy atom. The lowest BCUT2D eigenvalue weighted by Gasteiger charge is -2.50. The van der Waals surface area contributed by atoms with Crippen LogP contribution in [0.3, 0.4) is 0 Å². The first kappa shape index (κ1) is 56.6. The van der Waals surface area contributed by atoms with Crippen molar-refractivity contribution in [3.63, 3.8) is 0 Å². The van der Waals surface area contributed by atoms with Crippen molar-refractivity contribution < 1.29 is 0 Å². The Morgan fingerprint density at radius 3 is 0.556 bits per heavy atom. The van der Waals surface area contributed by atoms with Gasteiger partial charge in [-0.25, -0.2) is 0 Å². The molecule has 0 spiro atoms. The van der Waals surface area contributed by atoms with Crippen LogP contribution in [0.15, 0.2) is 72.8 Å². The molecule has 6 aliphatic rings. The fourth-order valence-corrected chi connectivity index (χ4v) is 14.2. The molecule has 0 fully saturated rings. The summed E-state index contributed by atoms with van der Waals surface area (Å²) in [5.74, 6) is 1.39. The van der Waals surface area contributed by atoms with Crippen LogP contribution in [0.5, 0.6) is 0 Å². The van der Waals surface area contributed by atoms with Crippen molar-refractivity contribution in [3.05, 3.63) is 140 Å². The Balaban J connectivity index is 1.19. The Bertz CT molecular complexity index is 1820. The van der Waals surface area contributed by atoms with Crippen LogP contribution in [-0.4, -0.2) is 0 Å². The van der Waals surface area contributed by atoms with Crippen molar-refractivity contribution in [2.75, 3.05) is 0 Å². The van der Waals surface area contributed by atoms with E-state index in [0.29, 0.717) is 23.7 Å². The van der Waals surface area contributed by atoms with Gasteiger partial charge in [-0.1, -0.05) is 306 Å². The second-order valence-electron chi connectivity index (χ2n) is 24.0. The molecule has 0 saturated heterocycles. The van der Waals surface area contributed by atoms with Gasteiger partial charge in [-0.05, 0) is 118 Å². The number of rotatable bonds is 40. The molecule has 4 aromatic carbocycles. The normalized spacial score (nSPS) is 17.2. The van der Waals surface area contributed by atoms with Crippen LogP contribution in [0.25, 0.3) is 0 Å². The molecule has 0 saturated carbocycles. The van der Waals surface area contributed by atoms with Crippen molar-refractivity contribution in [2.45, 2.75) is 308 Å². The highest BCUT2D eigenvalue weighted by atomic mass is 14.5. The predicted octanol–water partition coefficient (Wildman–Crippen LogP) is 22.8. The van der Waals surface area contributed by atoms with Crippen molar-refractivity contribution in [1.29, 1.82) is 0 Å². The molecular weight excluding hydrogens is 865 g/mol. The molecule has 4 aromatic rings. The maximum atomic E-state index is 2.85. The number of hydrogen-bond donors (Lipinski definition) is 0. The average Bonchev–Trinajstić information content (AvgIpc) is 3.39. The highest BCUT2D eigenvalue weighted by molar-refractivity contribution is 5.69. The first-order valence-corrected chi connectivity index (χ1v) is 32.2. The summed E-state index contributed by atoms with van der Waals surface area (Å²) in [7, 11) is 0. The van der Waals surface area contributed by atoms with Gasteiger partial charge in [0.25, 0.3) is 0 Å². The van der Waals surface area contributed by atoms with Crippen molar-refractivity contribution in [1.82, 2.24) is 0 Å². The van der Waals surface area contributed by atoms with Crippen molar-refractivity contribution in [3.8, 4) is 0 Å². The second-order valence-corrected chi connectivity index (χ2v) is 24.0. The van der Waals surface area contributed by atoms with Crippen LogP contribution >= 0.6 is 0 Å². The van der Waals surface area contributed by atoms with E-state index in [1.807, 2.05) is 0 Å². The fourth-order valence-electron chi connectivity index (χ4n) is 14.2. The maximum Gasteiger partial charge on any atom is 0.0205 e. The van der Waals surface area contributed by atoms with Gasteiger partial charge >= 0.3 is 0 Å². The van der Waals surface area contributed by atoms with E-state index in [9.17, 15) is 0 Å². The molecule has 0 nitrogen and oxygen atoms in total. The van der Waals surface area contributed by atoms with Gasteiger partial charge in [-0.2, -0.15) is 0 Å². The number of aryl methyl sites for hydroxylation is 4. The summed E-state index contributed by atoms with van der Waals surface area (Å²) in [4.78, 5) is 0. The molecule has 0 amide bonds. The summed E-state index contributed by atoms with van der Waals surface area (Å²) in [6.07, 6.45) is 55.3. The zero-order chi connectivity index (χ0) is 50.0. The van der Waals surface area contributed by atoms with E-state index in [0.717, 1.165) is 0 Å². The molecule has 0 unspecified atom stereocenters. The van der Waals surface area contributed by atoms with Gasteiger partial charge in [-0.15, -0.1) is 0 Å². The van der Waals surface area contributed by atoms with Crippen LogP contribution in [-0.2, 0) is 25.7 Å². The smallest absolute Gasteiger partial charge is 0.0205 e. The van der Waals surface area contributed by atoms with Gasteiger partial charge in [0.15, 0.2) is 0 Å². The molecule has 4 bridgehead atoms. The molecule has 6 aliphatic carbocycles. The largest absolute Gasteiger partial charge is 0.0654 e. The van der Waals surface area contributed by atoms with E-state index in [-0.39, 0.29) is 0 Å². The Kier molecular flexibility index (Phi) is 25.4. The molecule has 4 atom stereocenters. The Morgan fingerprint density at radius 2 is 0.375 bits per heavy atom. The highest BCUT2D eigenvalue weighted by Gasteiger charge is 2.50. The maximum absolute atomic E-state index is 2.85. The number of benzene rings is 4. The van der Waals surface area contributed by atoms with E-state index in [1.165, 1.54) is 257 Å². The van der Waals surface area contributed by atoms with Gasteiger partial charge < -0.3 is 0 Å². The summed E-state index contributed by atoms with van der Waals surface area (Å²) in [6, 6.07) is 31.2. The van der Waals surface area contributed by atoms with Crippen molar-refractivity contribution >= 4 is 0 Å². The Labute approximate surface area is 445 Å². The zero-order valence-corrected chi connectivity index (χ0v) is 47.5. The SMILES string of the molecule is CCCCCCCCCCCc1cc2c(cc1CCCCCCCCCCC)[C@@H]1c3ccccc3[C@H]2[C@H]2c3ccccc3[C@@H]1c1cc(CCCCCCCCCCC)c(CCCCCCCCCCC)cc12. The molecular formula is C72H108. The van der Waals surface area contributed by atoms with E-state index in [2.05, 4.69) is 100 Å².